The highest BCUT2D eigenvalue weighted by molar-refractivity contribution is 5.96. The molecule has 1 saturated carbocycles. The van der Waals surface area contributed by atoms with E-state index in [9.17, 15) is 14.4 Å². The number of aliphatic carboxylic acids is 1. The molecule has 0 spiro atoms. The van der Waals surface area contributed by atoms with Crippen LogP contribution in [-0.2, 0) is 4.79 Å². The van der Waals surface area contributed by atoms with Crippen LogP contribution >= 0.6 is 0 Å². The largest absolute Gasteiger partial charge is 0.481 e. The summed E-state index contributed by atoms with van der Waals surface area (Å²) < 4.78 is 0. The first-order valence-electron chi connectivity index (χ1n) is 13.3. The Labute approximate surface area is 224 Å². The molecule has 4 rings (SSSR count). The number of carbonyl (C=O) groups is 3. The van der Waals surface area contributed by atoms with Gasteiger partial charge in [0.1, 0.15) is 0 Å². The van der Waals surface area contributed by atoms with E-state index in [0.29, 0.717) is 23.6 Å². The molecule has 1 atom stereocenters. The number of hydrogen-bond acceptors (Lipinski definition) is 4. The van der Waals surface area contributed by atoms with Crippen LogP contribution < -0.4 is 10.2 Å². The summed E-state index contributed by atoms with van der Waals surface area (Å²) in [4.78, 5) is 40.8. The van der Waals surface area contributed by atoms with Crippen molar-refractivity contribution in [2.24, 2.45) is 11.3 Å². The Morgan fingerprint density at radius 1 is 1.03 bits per heavy atom. The van der Waals surface area contributed by atoms with Crippen LogP contribution in [0.5, 0.6) is 0 Å². The van der Waals surface area contributed by atoms with Gasteiger partial charge in [0.05, 0.1) is 30.6 Å². The highest BCUT2D eigenvalue weighted by atomic mass is 16.4. The van der Waals surface area contributed by atoms with Crippen LogP contribution in [0.2, 0.25) is 0 Å². The Balaban J connectivity index is 1.56. The van der Waals surface area contributed by atoms with Gasteiger partial charge in [-0.3, -0.25) is 14.5 Å². The third kappa shape index (κ3) is 5.99. The minimum atomic E-state index is -0.963. The molecular weight excluding hydrogens is 480 g/mol. The average Bonchev–Trinajstić information content (AvgIpc) is 3.25. The molecular formula is C30H36N4O4. The highest BCUT2D eigenvalue weighted by Gasteiger charge is 2.44. The number of carboxylic acids is 1. The van der Waals surface area contributed by atoms with E-state index in [1.807, 2.05) is 29.2 Å². The summed E-state index contributed by atoms with van der Waals surface area (Å²) in [6.07, 6.45) is 3.94. The molecule has 2 aliphatic rings. The number of nitrogens with one attached hydrogen (secondary N) is 1. The van der Waals surface area contributed by atoms with Gasteiger partial charge in [0, 0.05) is 23.8 Å². The van der Waals surface area contributed by atoms with Gasteiger partial charge in [-0.1, -0.05) is 32.9 Å². The molecule has 1 aliphatic carbocycles. The predicted molar refractivity (Wildman–Crippen MR) is 145 cm³/mol. The summed E-state index contributed by atoms with van der Waals surface area (Å²) in [7, 11) is 0. The molecule has 2 fully saturated rings. The Morgan fingerprint density at radius 2 is 1.66 bits per heavy atom. The van der Waals surface area contributed by atoms with Gasteiger partial charge in [0.15, 0.2) is 0 Å². The maximum absolute atomic E-state index is 13.8. The third-order valence-electron chi connectivity index (χ3n) is 7.95. The molecule has 3 amide bonds. The van der Waals surface area contributed by atoms with Gasteiger partial charge >= 0.3 is 12.0 Å². The molecule has 1 heterocycles. The van der Waals surface area contributed by atoms with Crippen molar-refractivity contribution >= 4 is 23.6 Å². The lowest BCUT2D eigenvalue weighted by atomic mass is 9.71. The highest BCUT2D eigenvalue weighted by Crippen LogP contribution is 2.43. The van der Waals surface area contributed by atoms with Crippen molar-refractivity contribution in [2.75, 3.05) is 18.0 Å². The Bertz CT molecular complexity index is 1200. The number of benzene rings is 2. The molecule has 38 heavy (non-hydrogen) atoms. The van der Waals surface area contributed by atoms with Crippen molar-refractivity contribution in [3.63, 3.8) is 0 Å². The van der Waals surface area contributed by atoms with Crippen molar-refractivity contribution in [3.05, 3.63) is 65.2 Å². The van der Waals surface area contributed by atoms with Gasteiger partial charge < -0.3 is 15.3 Å². The topological polar surface area (TPSA) is 114 Å². The summed E-state index contributed by atoms with van der Waals surface area (Å²) in [5.74, 6) is -0.657. The molecule has 1 unspecified atom stereocenters. The molecule has 2 aromatic carbocycles. The maximum atomic E-state index is 13.8. The normalized spacial score (nSPS) is 21.7. The van der Waals surface area contributed by atoms with Crippen LogP contribution in [-0.4, -0.2) is 47.0 Å². The van der Waals surface area contributed by atoms with E-state index in [1.165, 1.54) is 0 Å². The SMILES string of the molecule is CC(C)(C)C1CCC(N2C(=O)N(c3ccc(C#N)cc3)CC2c2ccc(C(=O)NCCC(=O)O)cc2)CC1. The van der Waals surface area contributed by atoms with E-state index in [2.05, 4.69) is 32.2 Å². The van der Waals surface area contributed by atoms with E-state index in [-0.39, 0.29) is 42.4 Å². The van der Waals surface area contributed by atoms with Gasteiger partial charge in [-0.05, 0) is 79.0 Å². The van der Waals surface area contributed by atoms with E-state index in [1.54, 1.807) is 29.2 Å². The number of hydrogen-bond donors (Lipinski definition) is 2. The smallest absolute Gasteiger partial charge is 0.325 e. The molecule has 0 radical (unpaired) electrons. The van der Waals surface area contributed by atoms with Crippen LogP contribution in [0.15, 0.2) is 48.5 Å². The Kier molecular flexibility index (Phi) is 8.05. The number of carbonyl (C=O) groups excluding carboxylic acids is 2. The maximum Gasteiger partial charge on any atom is 0.325 e. The van der Waals surface area contributed by atoms with Gasteiger partial charge in [0.2, 0.25) is 0 Å². The molecule has 2 aromatic rings. The van der Waals surface area contributed by atoms with Crippen molar-refractivity contribution in [1.82, 2.24) is 10.2 Å². The van der Waals surface area contributed by atoms with E-state index in [4.69, 9.17) is 10.4 Å². The molecule has 2 N–H and O–H groups in total. The fourth-order valence-electron chi connectivity index (χ4n) is 5.68. The zero-order valence-electron chi connectivity index (χ0n) is 22.3. The third-order valence-corrected chi connectivity index (χ3v) is 7.95. The summed E-state index contributed by atoms with van der Waals surface area (Å²) in [5, 5.41) is 20.6. The Morgan fingerprint density at radius 3 is 2.21 bits per heavy atom. The van der Waals surface area contributed by atoms with Gasteiger partial charge in [-0.25, -0.2) is 4.79 Å². The van der Waals surface area contributed by atoms with Crippen molar-refractivity contribution in [1.29, 1.82) is 5.26 Å². The Hall–Kier alpha value is -3.86. The van der Waals surface area contributed by atoms with Crippen LogP contribution in [0.4, 0.5) is 10.5 Å². The van der Waals surface area contributed by atoms with E-state index >= 15 is 0 Å². The number of amides is 3. The molecule has 8 nitrogen and oxygen atoms in total. The molecule has 0 bridgehead atoms. The minimum absolute atomic E-state index is 0.0330. The molecule has 1 aliphatic heterocycles. The van der Waals surface area contributed by atoms with Crippen LogP contribution in [0.25, 0.3) is 0 Å². The fourth-order valence-corrected chi connectivity index (χ4v) is 5.68. The minimum Gasteiger partial charge on any atom is -0.481 e. The second kappa shape index (κ2) is 11.3. The lowest BCUT2D eigenvalue weighted by molar-refractivity contribution is -0.136. The van der Waals surface area contributed by atoms with Crippen molar-refractivity contribution in [3.8, 4) is 6.07 Å². The molecule has 0 aromatic heterocycles. The quantitative estimate of drug-likeness (QED) is 0.515. The van der Waals surface area contributed by atoms with Gasteiger partial charge in [-0.15, -0.1) is 0 Å². The average molecular weight is 517 g/mol. The molecule has 1 saturated heterocycles. The lowest BCUT2D eigenvalue weighted by Crippen LogP contribution is -2.43. The number of anilines is 1. The van der Waals surface area contributed by atoms with Gasteiger partial charge in [-0.2, -0.15) is 5.26 Å². The number of nitrogens with zero attached hydrogens (tertiary/aromatic N) is 3. The molecule has 8 heteroatoms. The summed E-state index contributed by atoms with van der Waals surface area (Å²) in [6, 6.07) is 16.4. The lowest BCUT2D eigenvalue weighted by Gasteiger charge is -2.41. The van der Waals surface area contributed by atoms with Crippen LogP contribution in [0, 0.1) is 22.7 Å². The first kappa shape index (κ1) is 27.2. The van der Waals surface area contributed by atoms with E-state index in [0.717, 1.165) is 36.9 Å². The monoisotopic (exact) mass is 516 g/mol. The zero-order valence-corrected chi connectivity index (χ0v) is 22.3. The number of rotatable bonds is 7. The number of urea groups is 1. The summed E-state index contributed by atoms with van der Waals surface area (Å²) >= 11 is 0. The second-order valence-corrected chi connectivity index (χ2v) is 11.4. The fraction of sp³-hybridized carbons (Fsp3) is 0.467. The summed E-state index contributed by atoms with van der Waals surface area (Å²) in [6.45, 7) is 7.40. The molecule has 200 valence electrons. The zero-order chi connectivity index (χ0) is 27.4. The first-order valence-corrected chi connectivity index (χ1v) is 13.3. The van der Waals surface area contributed by atoms with Crippen molar-refractivity contribution < 1.29 is 19.5 Å². The van der Waals surface area contributed by atoms with Crippen LogP contribution in [0.3, 0.4) is 0 Å². The van der Waals surface area contributed by atoms with Gasteiger partial charge in [0.25, 0.3) is 5.91 Å². The predicted octanol–water partition coefficient (Wildman–Crippen LogP) is 5.35. The second-order valence-electron chi connectivity index (χ2n) is 11.4. The number of carboxylic acid groups (broad SMARTS) is 1. The number of nitriles is 1. The van der Waals surface area contributed by atoms with Crippen LogP contribution in [0.1, 0.15) is 80.4 Å². The standard InChI is InChI=1S/C30H36N4O4/c1-30(2,3)23-10-14-25(15-11-23)34-26(19-33(29(34)38)24-12-4-20(18-31)5-13-24)21-6-8-22(9-7-21)28(37)32-17-16-27(35)36/h4-9,12-13,23,25-26H,10-11,14-17,19H2,1-3H3,(H,32,37)(H,35,36). The van der Waals surface area contributed by atoms with E-state index < -0.39 is 5.97 Å². The van der Waals surface area contributed by atoms with Crippen molar-refractivity contribution in [2.45, 2.75) is 65.0 Å². The first-order chi connectivity index (χ1) is 18.1. The summed E-state index contributed by atoms with van der Waals surface area (Å²) in [5.41, 5.74) is 2.96.